The van der Waals surface area contributed by atoms with Crippen LogP contribution < -0.4 is 0 Å². The van der Waals surface area contributed by atoms with Gasteiger partial charge in [0.05, 0.1) is 44.3 Å². The van der Waals surface area contributed by atoms with Gasteiger partial charge in [-0.3, -0.25) is 0 Å². The first-order valence-electron chi connectivity index (χ1n) is 28.0. The summed E-state index contributed by atoms with van der Waals surface area (Å²) >= 11 is 0. The number of nitrogens with zero attached hydrogens (tertiary/aromatic N) is 2. The zero-order chi connectivity index (χ0) is 52.3. The predicted octanol–water partition coefficient (Wildman–Crippen LogP) is 19.8. The number of aromatic nitrogens is 2. The average Bonchev–Trinajstić information content (AvgIpc) is 4.20. The molecule has 370 valence electrons. The molecule has 2 aromatic heterocycles. The minimum atomic E-state index is -0.926. The zero-order valence-electron chi connectivity index (χ0n) is 43.6. The summed E-state index contributed by atoms with van der Waals surface area (Å²) in [7, 11) is 0. The van der Waals surface area contributed by atoms with Crippen molar-refractivity contribution in [2.24, 2.45) is 0 Å². The van der Waals surface area contributed by atoms with E-state index < -0.39 is 10.8 Å². The second kappa shape index (κ2) is 16.1. The van der Waals surface area contributed by atoms with Crippen LogP contribution in [0.1, 0.15) is 33.4 Å². The van der Waals surface area contributed by atoms with Gasteiger partial charge in [-0.2, -0.15) is 0 Å². The Morgan fingerprint density at radius 3 is 0.838 bits per heavy atom. The van der Waals surface area contributed by atoms with Crippen LogP contribution in [-0.4, -0.2) is 9.13 Å². The summed E-state index contributed by atoms with van der Waals surface area (Å²) < 4.78 is 5.13. The lowest BCUT2D eigenvalue weighted by atomic mass is 9.49. The van der Waals surface area contributed by atoms with E-state index in [0.717, 1.165) is 0 Å². The molecule has 0 aliphatic heterocycles. The predicted molar refractivity (Wildman–Crippen MR) is 335 cm³/mol. The molecule has 14 aromatic carbocycles. The van der Waals surface area contributed by atoms with E-state index in [9.17, 15) is 0 Å². The third kappa shape index (κ3) is 5.38. The standard InChI is InChI=1S/C78H48N2/c1-3-25-51(26-4-1)77(63-45-43-49-23-7-9-29-53(49)73(63)75-61-37-13-11-35-59(61)71(47-65(75)77)79-67-39-19-15-31-55(67)56-32-16-20-40-68(56)79)78(52-27-5-2-6-28-52)64-46-44-50-24-8-10-30-54(50)74(64)76-62-38-14-12-36-60(62)72(48-66(76)78)80-69-41-21-17-33-57(69)58-34-18-22-42-70(58)80/h1-48H. The van der Waals surface area contributed by atoms with Crippen molar-refractivity contribution in [3.05, 3.63) is 325 Å². The molecule has 2 heterocycles. The van der Waals surface area contributed by atoms with Gasteiger partial charge in [-0.05, 0) is 124 Å². The Morgan fingerprint density at radius 1 is 0.200 bits per heavy atom. The first-order valence-corrected chi connectivity index (χ1v) is 28.0. The van der Waals surface area contributed by atoms with Gasteiger partial charge >= 0.3 is 0 Å². The third-order valence-corrected chi connectivity index (χ3v) is 18.6. The molecule has 0 saturated carbocycles. The molecule has 2 heteroatoms. The van der Waals surface area contributed by atoms with E-state index in [2.05, 4.69) is 300 Å². The Morgan fingerprint density at radius 2 is 0.475 bits per heavy atom. The lowest BCUT2D eigenvalue weighted by Crippen LogP contribution is -2.50. The fourth-order valence-corrected chi connectivity index (χ4v) is 15.8. The quantitative estimate of drug-likeness (QED) is 0.163. The number of hydrogen-bond donors (Lipinski definition) is 0. The molecule has 2 aliphatic rings. The summed E-state index contributed by atoms with van der Waals surface area (Å²) in [5.74, 6) is 0. The van der Waals surface area contributed by atoms with Gasteiger partial charge < -0.3 is 9.13 Å². The summed E-state index contributed by atoms with van der Waals surface area (Å²) in [6.45, 7) is 0. The van der Waals surface area contributed by atoms with E-state index in [1.165, 1.54) is 154 Å². The molecule has 2 unspecified atom stereocenters. The zero-order valence-corrected chi connectivity index (χ0v) is 43.6. The highest BCUT2D eigenvalue weighted by Crippen LogP contribution is 2.72. The maximum absolute atomic E-state index is 2.65. The number of rotatable bonds is 5. The molecule has 80 heavy (non-hydrogen) atoms. The molecule has 0 amide bonds. The van der Waals surface area contributed by atoms with Crippen LogP contribution >= 0.6 is 0 Å². The maximum Gasteiger partial charge on any atom is 0.0642 e. The van der Waals surface area contributed by atoms with Gasteiger partial charge in [0.15, 0.2) is 0 Å². The van der Waals surface area contributed by atoms with Crippen LogP contribution in [0.2, 0.25) is 0 Å². The van der Waals surface area contributed by atoms with Gasteiger partial charge in [0.1, 0.15) is 0 Å². The van der Waals surface area contributed by atoms with Crippen molar-refractivity contribution in [1.29, 1.82) is 0 Å². The number of fused-ring (bicyclic) bond motifs is 20. The summed E-state index contributed by atoms with van der Waals surface area (Å²) in [5, 5.41) is 14.8. The summed E-state index contributed by atoms with van der Waals surface area (Å²) in [5.41, 5.74) is 18.0. The molecular weight excluding hydrogens is 965 g/mol. The van der Waals surface area contributed by atoms with E-state index in [4.69, 9.17) is 0 Å². The lowest BCUT2D eigenvalue weighted by molar-refractivity contribution is 0.438. The van der Waals surface area contributed by atoms with E-state index in [0.29, 0.717) is 0 Å². The Hall–Kier alpha value is -10.3. The van der Waals surface area contributed by atoms with E-state index in [1.54, 1.807) is 0 Å². The molecular formula is C78H48N2. The topological polar surface area (TPSA) is 9.86 Å². The molecule has 0 fully saturated rings. The van der Waals surface area contributed by atoms with E-state index >= 15 is 0 Å². The van der Waals surface area contributed by atoms with Gasteiger partial charge in [-0.1, -0.05) is 255 Å². The molecule has 2 nitrogen and oxygen atoms in total. The SMILES string of the molecule is c1ccc(C2(C3(c4ccccc4)c4ccc5ccccc5c4-c4c3cc(-n3c5ccccc5c5ccccc53)c3ccccc43)c3ccc4ccccc4c3-c3c2cc(-n2c4ccccc4c4ccccc42)c2ccccc32)cc1. The number of para-hydroxylation sites is 4. The fraction of sp³-hybridized carbons (Fsp3) is 0.0256. The highest BCUT2D eigenvalue weighted by molar-refractivity contribution is 6.20. The smallest absolute Gasteiger partial charge is 0.0642 e. The van der Waals surface area contributed by atoms with Gasteiger partial charge in [0.2, 0.25) is 0 Å². The van der Waals surface area contributed by atoms with Crippen molar-refractivity contribution in [1.82, 2.24) is 9.13 Å². The number of hydrogen-bond acceptors (Lipinski definition) is 0. The molecule has 0 bridgehead atoms. The largest absolute Gasteiger partial charge is 0.309 e. The Bertz CT molecular complexity index is 4870. The fourth-order valence-electron chi connectivity index (χ4n) is 15.8. The molecule has 0 spiro atoms. The first kappa shape index (κ1) is 43.8. The first-order chi connectivity index (χ1) is 39.7. The molecule has 0 radical (unpaired) electrons. The molecule has 0 saturated heterocycles. The highest BCUT2D eigenvalue weighted by Gasteiger charge is 2.65. The maximum atomic E-state index is 2.65. The highest BCUT2D eigenvalue weighted by atomic mass is 15.0. The van der Waals surface area contributed by atoms with Crippen molar-refractivity contribution in [2.45, 2.75) is 10.8 Å². The second-order valence-corrected chi connectivity index (χ2v) is 22.1. The Balaban J connectivity index is 1.13. The number of benzene rings is 14. The second-order valence-electron chi connectivity index (χ2n) is 22.1. The van der Waals surface area contributed by atoms with Crippen LogP contribution in [0.4, 0.5) is 0 Å². The average molecular weight is 1010 g/mol. The molecule has 0 N–H and O–H groups in total. The summed E-state index contributed by atoms with van der Waals surface area (Å²) in [6, 6.07) is 111. The van der Waals surface area contributed by atoms with Crippen molar-refractivity contribution in [2.75, 3.05) is 0 Å². The van der Waals surface area contributed by atoms with Crippen LogP contribution in [0.25, 0.3) is 120 Å². The van der Waals surface area contributed by atoms with Gasteiger partial charge in [-0.25, -0.2) is 0 Å². The minimum absolute atomic E-state index is 0.926. The molecule has 16 aromatic rings. The lowest BCUT2D eigenvalue weighted by Gasteiger charge is -2.51. The van der Waals surface area contributed by atoms with Crippen molar-refractivity contribution in [3.63, 3.8) is 0 Å². The monoisotopic (exact) mass is 1010 g/mol. The van der Waals surface area contributed by atoms with Crippen molar-refractivity contribution in [3.8, 4) is 33.6 Å². The van der Waals surface area contributed by atoms with Crippen LogP contribution in [0.15, 0.2) is 291 Å². The van der Waals surface area contributed by atoms with Crippen LogP contribution in [0.3, 0.4) is 0 Å². The molecule has 2 atom stereocenters. The van der Waals surface area contributed by atoms with Crippen molar-refractivity contribution < 1.29 is 0 Å². The van der Waals surface area contributed by atoms with Crippen LogP contribution in [-0.2, 0) is 10.8 Å². The van der Waals surface area contributed by atoms with Gasteiger partial charge in [0, 0.05) is 32.3 Å². The van der Waals surface area contributed by atoms with Crippen LogP contribution in [0.5, 0.6) is 0 Å². The van der Waals surface area contributed by atoms with Crippen LogP contribution in [0, 0.1) is 0 Å². The van der Waals surface area contributed by atoms with E-state index in [-0.39, 0.29) is 0 Å². The normalized spacial score (nSPS) is 16.4. The molecule has 2 aliphatic carbocycles. The minimum Gasteiger partial charge on any atom is -0.309 e. The summed E-state index contributed by atoms with van der Waals surface area (Å²) in [4.78, 5) is 0. The Kier molecular flexibility index (Phi) is 8.83. The third-order valence-electron chi connectivity index (χ3n) is 18.6. The van der Waals surface area contributed by atoms with Gasteiger partial charge in [0.25, 0.3) is 0 Å². The van der Waals surface area contributed by atoms with Crippen molar-refractivity contribution >= 4 is 86.7 Å². The Labute approximate surface area is 462 Å². The van der Waals surface area contributed by atoms with Gasteiger partial charge in [-0.15, -0.1) is 0 Å². The van der Waals surface area contributed by atoms with E-state index in [1.807, 2.05) is 0 Å². The molecule has 18 rings (SSSR count). The summed E-state index contributed by atoms with van der Waals surface area (Å²) in [6.07, 6.45) is 0.